The van der Waals surface area contributed by atoms with Crippen LogP contribution in [0.4, 0.5) is 25.8 Å². The summed E-state index contributed by atoms with van der Waals surface area (Å²) in [5.74, 6) is -1.92. The highest BCUT2D eigenvalue weighted by Crippen LogP contribution is 2.25. The van der Waals surface area contributed by atoms with Crippen molar-refractivity contribution < 1.29 is 13.6 Å². The van der Waals surface area contributed by atoms with Gasteiger partial charge in [0.2, 0.25) is 0 Å². The van der Waals surface area contributed by atoms with Crippen LogP contribution in [-0.4, -0.2) is 49.0 Å². The smallest absolute Gasteiger partial charge is 0.269 e. The number of hydrogen-bond acceptors (Lipinski definition) is 5. The minimum atomic E-state index is -0.666. The molecule has 0 bridgehead atoms. The van der Waals surface area contributed by atoms with Gasteiger partial charge in [0.25, 0.3) is 5.91 Å². The monoisotopic (exact) mass is 437 g/mol. The third kappa shape index (κ3) is 5.03. The molecule has 1 aliphatic heterocycles. The first kappa shape index (κ1) is 21.7. The average Bonchev–Trinajstić information content (AvgIpc) is 2.77. The Morgan fingerprint density at radius 2 is 1.78 bits per heavy atom. The number of carbonyl (C=O) groups is 1. The molecular formula is C24H25F2N5O. The van der Waals surface area contributed by atoms with E-state index in [0.717, 1.165) is 43.6 Å². The number of carbonyl (C=O) groups excluding carboxylic acids is 1. The molecule has 32 heavy (non-hydrogen) atoms. The molecule has 1 aliphatic rings. The number of primary amides is 1. The molecule has 166 valence electrons. The minimum absolute atomic E-state index is 0.0940. The Morgan fingerprint density at radius 1 is 1.06 bits per heavy atom. The van der Waals surface area contributed by atoms with Gasteiger partial charge in [-0.1, -0.05) is 6.07 Å². The first-order valence-electron chi connectivity index (χ1n) is 10.4. The van der Waals surface area contributed by atoms with Gasteiger partial charge in [-0.25, -0.2) is 13.8 Å². The number of piperazine rings is 1. The molecule has 1 aromatic heterocycles. The van der Waals surface area contributed by atoms with Gasteiger partial charge < -0.3 is 20.9 Å². The second-order valence-electron chi connectivity index (χ2n) is 7.98. The summed E-state index contributed by atoms with van der Waals surface area (Å²) in [6.07, 6.45) is 1.68. The molecule has 1 fully saturated rings. The zero-order valence-electron chi connectivity index (χ0n) is 17.8. The molecule has 0 spiro atoms. The van der Waals surface area contributed by atoms with Crippen molar-refractivity contribution in [3.63, 3.8) is 0 Å². The third-order valence-electron chi connectivity index (χ3n) is 5.60. The molecule has 0 unspecified atom stereocenters. The van der Waals surface area contributed by atoms with Gasteiger partial charge in [-0.05, 0) is 54.6 Å². The Bertz CT molecular complexity index is 1110. The first-order valence-corrected chi connectivity index (χ1v) is 10.4. The van der Waals surface area contributed by atoms with Gasteiger partial charge in [0.05, 0.1) is 5.69 Å². The molecule has 8 heteroatoms. The lowest BCUT2D eigenvalue weighted by molar-refractivity contribution is 0.0996. The highest BCUT2D eigenvalue weighted by molar-refractivity contribution is 5.97. The van der Waals surface area contributed by atoms with Crippen molar-refractivity contribution in [3.8, 4) is 0 Å². The number of halogens is 2. The predicted molar refractivity (Wildman–Crippen MR) is 121 cm³/mol. The van der Waals surface area contributed by atoms with Crippen LogP contribution < -0.4 is 16.0 Å². The van der Waals surface area contributed by atoms with Crippen molar-refractivity contribution >= 4 is 23.0 Å². The van der Waals surface area contributed by atoms with E-state index in [4.69, 9.17) is 5.73 Å². The normalized spacial score (nSPS) is 14.4. The number of nitrogens with one attached hydrogen (secondary N) is 1. The molecule has 0 atom stereocenters. The van der Waals surface area contributed by atoms with Gasteiger partial charge in [0.1, 0.15) is 11.6 Å². The highest BCUT2D eigenvalue weighted by atomic mass is 19.1. The van der Waals surface area contributed by atoms with Crippen molar-refractivity contribution in [2.45, 2.75) is 6.42 Å². The van der Waals surface area contributed by atoms with E-state index >= 15 is 0 Å². The standard InChI is InChI=1S/C24H25F2N5O/c1-30-8-10-31(11-9-30)20-6-4-19(5-7-20)29-22-13-16(15-28-23(22)24(27)32)12-17-2-3-18(25)14-21(17)26/h2-7,13-15,29H,8-12H2,1H3,(H2,27,32). The van der Waals surface area contributed by atoms with Gasteiger partial charge in [0.15, 0.2) is 5.69 Å². The number of nitrogens with zero attached hydrogens (tertiary/aromatic N) is 3. The quantitative estimate of drug-likeness (QED) is 0.617. The summed E-state index contributed by atoms with van der Waals surface area (Å²) in [5, 5.41) is 3.20. The van der Waals surface area contributed by atoms with Crippen LogP contribution in [0.2, 0.25) is 0 Å². The highest BCUT2D eigenvalue weighted by Gasteiger charge is 2.15. The van der Waals surface area contributed by atoms with E-state index in [0.29, 0.717) is 16.8 Å². The lowest BCUT2D eigenvalue weighted by Crippen LogP contribution is -2.44. The minimum Gasteiger partial charge on any atom is -0.369 e. The maximum absolute atomic E-state index is 14.0. The van der Waals surface area contributed by atoms with Gasteiger partial charge in [-0.15, -0.1) is 0 Å². The third-order valence-corrected chi connectivity index (χ3v) is 5.60. The van der Waals surface area contributed by atoms with Gasteiger partial charge in [-0.3, -0.25) is 4.79 Å². The van der Waals surface area contributed by atoms with E-state index in [1.54, 1.807) is 6.07 Å². The number of pyridine rings is 1. The number of likely N-dealkylation sites (N-methyl/N-ethyl adjacent to an activating group) is 1. The summed E-state index contributed by atoms with van der Waals surface area (Å²) in [7, 11) is 2.12. The van der Waals surface area contributed by atoms with Crippen molar-refractivity contribution in [1.82, 2.24) is 9.88 Å². The molecule has 3 aromatic rings. The molecule has 3 N–H and O–H groups in total. The van der Waals surface area contributed by atoms with Crippen LogP contribution in [0.25, 0.3) is 0 Å². The maximum atomic E-state index is 14.0. The second-order valence-corrected chi connectivity index (χ2v) is 7.98. The fraction of sp³-hybridized carbons (Fsp3) is 0.250. The molecule has 1 saturated heterocycles. The number of amides is 1. The van der Waals surface area contributed by atoms with Crippen LogP contribution in [0.15, 0.2) is 54.7 Å². The van der Waals surface area contributed by atoms with Gasteiger partial charge in [-0.2, -0.15) is 0 Å². The molecule has 0 aliphatic carbocycles. The van der Waals surface area contributed by atoms with Crippen molar-refractivity contribution in [1.29, 1.82) is 0 Å². The first-order chi connectivity index (χ1) is 15.4. The predicted octanol–water partition coefficient (Wildman–Crippen LogP) is 3.54. The number of aromatic nitrogens is 1. The fourth-order valence-corrected chi connectivity index (χ4v) is 3.76. The molecule has 4 rings (SSSR count). The summed E-state index contributed by atoms with van der Waals surface area (Å²) in [6.45, 7) is 3.99. The van der Waals surface area contributed by atoms with Crippen LogP contribution in [0.5, 0.6) is 0 Å². The lowest BCUT2D eigenvalue weighted by Gasteiger charge is -2.34. The molecule has 1 amide bonds. The summed E-state index contributed by atoms with van der Waals surface area (Å²) in [5.41, 5.74) is 8.93. The molecule has 2 heterocycles. The van der Waals surface area contributed by atoms with E-state index in [2.05, 4.69) is 27.1 Å². The van der Waals surface area contributed by atoms with Crippen molar-refractivity contribution in [2.75, 3.05) is 43.4 Å². The van der Waals surface area contributed by atoms with Gasteiger partial charge >= 0.3 is 0 Å². The summed E-state index contributed by atoms with van der Waals surface area (Å²) < 4.78 is 27.2. The van der Waals surface area contributed by atoms with Crippen LogP contribution >= 0.6 is 0 Å². The Morgan fingerprint density at radius 3 is 2.44 bits per heavy atom. The molecule has 0 saturated carbocycles. The average molecular weight is 437 g/mol. The number of anilines is 3. The van der Waals surface area contributed by atoms with E-state index in [9.17, 15) is 13.6 Å². The summed E-state index contributed by atoms with van der Waals surface area (Å²) in [6, 6.07) is 13.1. The Hall–Kier alpha value is -3.52. The maximum Gasteiger partial charge on any atom is 0.269 e. The molecule has 2 aromatic carbocycles. The largest absolute Gasteiger partial charge is 0.369 e. The van der Waals surface area contributed by atoms with Crippen molar-refractivity contribution in [3.05, 3.63) is 83.2 Å². The number of rotatable bonds is 6. The van der Waals surface area contributed by atoms with E-state index in [1.165, 1.54) is 18.3 Å². The molecular weight excluding hydrogens is 412 g/mol. The lowest BCUT2D eigenvalue weighted by atomic mass is 10.0. The number of benzene rings is 2. The SMILES string of the molecule is CN1CCN(c2ccc(Nc3cc(Cc4ccc(F)cc4F)cnc3C(N)=O)cc2)CC1. The second kappa shape index (κ2) is 9.32. The Balaban J connectivity index is 1.54. The molecule has 6 nitrogen and oxygen atoms in total. The van der Waals surface area contributed by atoms with Crippen LogP contribution in [0, 0.1) is 11.6 Å². The molecule has 0 radical (unpaired) electrons. The fourth-order valence-electron chi connectivity index (χ4n) is 3.76. The van der Waals surface area contributed by atoms with Gasteiger partial charge in [0, 0.05) is 56.2 Å². The zero-order valence-corrected chi connectivity index (χ0v) is 17.8. The zero-order chi connectivity index (χ0) is 22.7. The Kier molecular flexibility index (Phi) is 6.32. The topological polar surface area (TPSA) is 74.5 Å². The summed E-state index contributed by atoms with van der Waals surface area (Å²) in [4.78, 5) is 20.7. The van der Waals surface area contributed by atoms with E-state index in [-0.39, 0.29) is 12.1 Å². The van der Waals surface area contributed by atoms with Crippen LogP contribution in [0.3, 0.4) is 0 Å². The van der Waals surface area contributed by atoms with E-state index < -0.39 is 17.5 Å². The number of nitrogens with two attached hydrogens (primary N) is 1. The van der Waals surface area contributed by atoms with Crippen LogP contribution in [-0.2, 0) is 6.42 Å². The van der Waals surface area contributed by atoms with E-state index in [1.807, 2.05) is 24.3 Å². The van der Waals surface area contributed by atoms with Crippen molar-refractivity contribution in [2.24, 2.45) is 5.73 Å². The van der Waals surface area contributed by atoms with Crippen LogP contribution in [0.1, 0.15) is 21.6 Å². The number of hydrogen-bond donors (Lipinski definition) is 2. The Labute approximate surface area is 185 Å². The summed E-state index contributed by atoms with van der Waals surface area (Å²) >= 11 is 0.